The van der Waals surface area contributed by atoms with Crippen molar-refractivity contribution in [3.63, 3.8) is 0 Å². The van der Waals surface area contributed by atoms with Gasteiger partial charge in [0.15, 0.2) is 0 Å². The van der Waals surface area contributed by atoms with E-state index < -0.39 is 27.8 Å². The molecule has 0 spiro atoms. The number of nitrogens with two attached hydrogens (primary N) is 1. The Morgan fingerprint density at radius 3 is 2.13 bits per heavy atom. The minimum Gasteiger partial charge on any atom is -0.251 e. The summed E-state index contributed by atoms with van der Waals surface area (Å²) in [7, 11) is -1.72. The van der Waals surface area contributed by atoms with Crippen LogP contribution in [-0.2, 0) is 11.0 Å². The van der Waals surface area contributed by atoms with Crippen LogP contribution < -0.4 is 5.14 Å². The van der Waals surface area contributed by atoms with Crippen LogP contribution in [0.1, 0.15) is 33.1 Å². The molecular formula is C9H16F3NOS. The van der Waals surface area contributed by atoms with E-state index in [-0.39, 0.29) is 12.3 Å². The third kappa shape index (κ3) is 3.45. The highest BCUT2D eigenvalue weighted by Gasteiger charge is 2.51. The molecule has 1 aliphatic rings. The maximum atomic E-state index is 12.7. The molecule has 0 aliphatic heterocycles. The van der Waals surface area contributed by atoms with E-state index in [4.69, 9.17) is 5.14 Å². The van der Waals surface area contributed by atoms with Gasteiger partial charge in [-0.25, -0.2) is 4.21 Å². The maximum absolute atomic E-state index is 12.7. The molecule has 2 N–H and O–H groups in total. The van der Waals surface area contributed by atoms with Crippen molar-refractivity contribution in [1.29, 1.82) is 0 Å². The summed E-state index contributed by atoms with van der Waals surface area (Å²) in [4.78, 5) is 0. The van der Waals surface area contributed by atoms with Gasteiger partial charge in [0, 0.05) is 0 Å². The van der Waals surface area contributed by atoms with Crippen LogP contribution in [-0.4, -0.2) is 15.1 Å². The Morgan fingerprint density at radius 1 is 1.40 bits per heavy atom. The van der Waals surface area contributed by atoms with Crippen LogP contribution in [0.2, 0.25) is 0 Å². The molecular weight excluding hydrogens is 227 g/mol. The minimum absolute atomic E-state index is 0.149. The van der Waals surface area contributed by atoms with Gasteiger partial charge in [0.1, 0.15) is 0 Å². The molecule has 1 unspecified atom stereocenters. The van der Waals surface area contributed by atoms with E-state index >= 15 is 0 Å². The van der Waals surface area contributed by atoms with Crippen molar-refractivity contribution in [3.05, 3.63) is 0 Å². The summed E-state index contributed by atoms with van der Waals surface area (Å²) in [6.45, 7) is 3.04. The number of rotatable bonds is 4. The van der Waals surface area contributed by atoms with Crippen molar-refractivity contribution in [2.24, 2.45) is 17.0 Å². The molecule has 1 fully saturated rings. The average Bonchev–Trinajstić information content (AvgIpc) is 2.80. The lowest BCUT2D eigenvalue weighted by Gasteiger charge is -2.28. The normalized spacial score (nSPS) is 22.5. The lowest BCUT2D eigenvalue weighted by Crippen LogP contribution is -2.39. The summed E-state index contributed by atoms with van der Waals surface area (Å²) in [6.07, 6.45) is -3.10. The van der Waals surface area contributed by atoms with E-state index in [9.17, 15) is 17.4 Å². The molecule has 0 bridgehead atoms. The molecule has 0 saturated heterocycles. The zero-order valence-corrected chi connectivity index (χ0v) is 9.62. The highest BCUT2D eigenvalue weighted by Crippen LogP contribution is 2.48. The maximum Gasteiger partial charge on any atom is 0.392 e. The Kier molecular flexibility index (Phi) is 3.50. The van der Waals surface area contributed by atoms with Crippen LogP contribution in [0.25, 0.3) is 0 Å². The number of hydrogen-bond donors (Lipinski definition) is 1. The quantitative estimate of drug-likeness (QED) is 0.809. The second-order valence-electron chi connectivity index (χ2n) is 4.75. The lowest BCUT2D eigenvalue weighted by molar-refractivity contribution is -0.183. The molecule has 1 rings (SSSR count). The summed E-state index contributed by atoms with van der Waals surface area (Å²) in [5, 5.41) is 5.19. The van der Waals surface area contributed by atoms with Gasteiger partial charge in [0.05, 0.1) is 21.7 Å². The molecule has 1 saturated carbocycles. The summed E-state index contributed by atoms with van der Waals surface area (Å²) in [6, 6.07) is 0. The monoisotopic (exact) mass is 243 g/mol. The van der Waals surface area contributed by atoms with E-state index in [0.29, 0.717) is 12.8 Å². The molecule has 2 atom stereocenters. The van der Waals surface area contributed by atoms with Gasteiger partial charge in [0.25, 0.3) is 0 Å². The smallest absolute Gasteiger partial charge is 0.251 e. The Balaban J connectivity index is 2.71. The largest absolute Gasteiger partial charge is 0.392 e. The SMILES string of the molecule is CC(C)(C[C@@H](C1CC1)C(F)(F)F)S(N)=O. The van der Waals surface area contributed by atoms with Crippen molar-refractivity contribution >= 4 is 11.0 Å². The van der Waals surface area contributed by atoms with Gasteiger partial charge in [-0.15, -0.1) is 0 Å². The van der Waals surface area contributed by atoms with E-state index in [1.54, 1.807) is 0 Å². The summed E-state index contributed by atoms with van der Waals surface area (Å²) in [5.41, 5.74) is 0. The van der Waals surface area contributed by atoms with Gasteiger partial charge < -0.3 is 0 Å². The molecule has 2 nitrogen and oxygen atoms in total. The standard InChI is InChI=1S/C9H16F3NOS/c1-8(2,15(13)14)5-7(6-3-4-6)9(10,11)12/h6-7H,3-5,13H2,1-2H3/t7-,15?/m0/s1. The Morgan fingerprint density at radius 2 is 1.87 bits per heavy atom. The lowest BCUT2D eigenvalue weighted by atomic mass is 9.91. The minimum atomic E-state index is -4.20. The average molecular weight is 243 g/mol. The summed E-state index contributed by atoms with van der Waals surface area (Å²) in [5.74, 6) is -1.63. The molecule has 0 amide bonds. The molecule has 6 heteroatoms. The molecule has 1 aliphatic carbocycles. The van der Waals surface area contributed by atoms with Crippen molar-refractivity contribution in [1.82, 2.24) is 0 Å². The van der Waals surface area contributed by atoms with Gasteiger partial charge in [-0.1, -0.05) is 0 Å². The van der Waals surface area contributed by atoms with Gasteiger partial charge >= 0.3 is 6.18 Å². The van der Waals surface area contributed by atoms with Crippen molar-refractivity contribution in [2.75, 3.05) is 0 Å². The zero-order chi connectivity index (χ0) is 11.9. The van der Waals surface area contributed by atoms with Crippen LogP contribution in [0, 0.1) is 11.8 Å². The molecule has 90 valence electrons. The topological polar surface area (TPSA) is 43.1 Å². The number of hydrogen-bond acceptors (Lipinski definition) is 1. The van der Waals surface area contributed by atoms with E-state index in [1.807, 2.05) is 0 Å². The summed E-state index contributed by atoms with van der Waals surface area (Å²) < 4.78 is 48.1. The molecule has 0 heterocycles. The third-order valence-electron chi connectivity index (χ3n) is 2.87. The molecule has 0 aromatic heterocycles. The molecule has 15 heavy (non-hydrogen) atoms. The second kappa shape index (κ2) is 4.05. The van der Waals surface area contributed by atoms with E-state index in [1.165, 1.54) is 13.8 Å². The first-order valence-corrected chi connectivity index (χ1v) is 6.09. The highest BCUT2D eigenvalue weighted by molar-refractivity contribution is 7.84. The first-order valence-electron chi connectivity index (χ1n) is 4.87. The van der Waals surface area contributed by atoms with E-state index in [2.05, 4.69) is 0 Å². The van der Waals surface area contributed by atoms with Crippen LogP contribution in [0.5, 0.6) is 0 Å². The van der Waals surface area contributed by atoms with Crippen molar-refractivity contribution in [3.8, 4) is 0 Å². The first-order chi connectivity index (χ1) is 6.64. The van der Waals surface area contributed by atoms with Gasteiger partial charge in [-0.2, -0.15) is 13.2 Å². The molecule has 0 radical (unpaired) electrons. The van der Waals surface area contributed by atoms with Crippen LogP contribution in [0.4, 0.5) is 13.2 Å². The predicted molar refractivity (Wildman–Crippen MR) is 53.3 cm³/mol. The van der Waals surface area contributed by atoms with Crippen molar-refractivity contribution in [2.45, 2.75) is 44.0 Å². The van der Waals surface area contributed by atoms with Crippen LogP contribution >= 0.6 is 0 Å². The zero-order valence-electron chi connectivity index (χ0n) is 8.80. The van der Waals surface area contributed by atoms with Crippen LogP contribution in [0.3, 0.4) is 0 Å². The third-order valence-corrected chi connectivity index (χ3v) is 4.12. The first kappa shape index (κ1) is 13.0. The number of alkyl halides is 3. The fourth-order valence-corrected chi connectivity index (χ4v) is 2.00. The molecule has 0 aromatic carbocycles. The Labute approximate surface area is 90.0 Å². The molecule has 0 aromatic rings. The Hall–Kier alpha value is -0.100. The summed E-state index contributed by atoms with van der Waals surface area (Å²) >= 11 is 0. The highest BCUT2D eigenvalue weighted by atomic mass is 32.2. The fraction of sp³-hybridized carbons (Fsp3) is 1.00. The van der Waals surface area contributed by atoms with Gasteiger partial charge in [0.2, 0.25) is 0 Å². The van der Waals surface area contributed by atoms with E-state index in [0.717, 1.165) is 0 Å². The second-order valence-corrected chi connectivity index (χ2v) is 6.45. The van der Waals surface area contributed by atoms with Gasteiger partial charge in [-0.3, -0.25) is 5.14 Å². The Bertz CT molecular complexity index is 261. The fourth-order valence-electron chi connectivity index (χ4n) is 1.66. The number of halogens is 3. The predicted octanol–water partition coefficient (Wildman–Crippen LogP) is 2.37. The van der Waals surface area contributed by atoms with Crippen molar-refractivity contribution < 1.29 is 17.4 Å². The van der Waals surface area contributed by atoms with Crippen LogP contribution in [0.15, 0.2) is 0 Å². The van der Waals surface area contributed by atoms with Gasteiger partial charge in [-0.05, 0) is 39.0 Å².